The number of carbonyl (C=O) groups excluding carboxylic acids is 2. The average molecular weight is 642 g/mol. The molecule has 0 spiro atoms. The van der Waals surface area contributed by atoms with E-state index in [1.807, 2.05) is 35.9 Å². The van der Waals surface area contributed by atoms with Crippen molar-refractivity contribution in [2.75, 3.05) is 0 Å². The van der Waals surface area contributed by atoms with Crippen LogP contribution in [0.3, 0.4) is 0 Å². The van der Waals surface area contributed by atoms with Crippen LogP contribution < -0.4 is 11.0 Å². The lowest BCUT2D eigenvalue weighted by atomic mass is 9.74. The Balaban J connectivity index is 0.000000184. The van der Waals surface area contributed by atoms with Gasteiger partial charge in [-0.25, -0.2) is 25.3 Å². The van der Waals surface area contributed by atoms with Crippen LogP contribution in [0.4, 0.5) is 4.39 Å². The van der Waals surface area contributed by atoms with Crippen LogP contribution >= 0.6 is 0 Å². The zero-order chi connectivity index (χ0) is 33.8. The summed E-state index contributed by atoms with van der Waals surface area (Å²) in [5.41, 5.74) is 9.35. The quantitative estimate of drug-likeness (QED) is 0.136. The molecule has 4 aromatic rings. The second-order valence-electron chi connectivity index (χ2n) is 12.3. The topological polar surface area (TPSA) is 137 Å². The van der Waals surface area contributed by atoms with E-state index in [9.17, 15) is 19.2 Å². The number of nitrogens with one attached hydrogen (secondary N) is 2. The molecule has 2 saturated carbocycles. The largest absolute Gasteiger partial charge is 0.289 e. The fourth-order valence-corrected chi connectivity index (χ4v) is 6.90. The molecule has 2 fully saturated rings. The van der Waals surface area contributed by atoms with Gasteiger partial charge >= 0.3 is 0 Å². The van der Waals surface area contributed by atoms with Crippen molar-refractivity contribution in [3.8, 4) is 0 Å². The number of hydroxylamine groups is 2. The molecule has 2 aliphatic carbocycles. The second kappa shape index (κ2) is 16.9. The molecule has 9 nitrogen and oxygen atoms in total. The normalized spacial score (nSPS) is 21.4. The third kappa shape index (κ3) is 8.64. The molecule has 2 aromatic heterocycles. The number of hydrogen-bond donors (Lipinski definition) is 4. The number of benzene rings is 2. The number of pyridine rings is 1. The highest BCUT2D eigenvalue weighted by molar-refractivity contribution is 5.88. The Morgan fingerprint density at radius 2 is 1.62 bits per heavy atom. The Kier molecular flexibility index (Phi) is 12.7. The minimum atomic E-state index is -0.676. The molecule has 2 aromatic carbocycles. The molecule has 248 valence electrons. The van der Waals surface area contributed by atoms with E-state index in [2.05, 4.69) is 40.9 Å². The number of aromatic nitrogens is 3. The number of halogens is 1. The Labute approximate surface area is 275 Å². The van der Waals surface area contributed by atoms with E-state index in [1.54, 1.807) is 43.1 Å². The molecule has 4 atom stereocenters. The fraction of sp³-hybridized carbons (Fsp3) is 0.378. The monoisotopic (exact) mass is 641 g/mol. The highest BCUT2D eigenvalue weighted by atomic mass is 19.1. The fourth-order valence-electron chi connectivity index (χ4n) is 6.90. The highest BCUT2D eigenvalue weighted by Crippen LogP contribution is 2.49. The van der Waals surface area contributed by atoms with Crippen LogP contribution in [0.15, 0.2) is 85.7 Å². The molecule has 47 heavy (non-hydrogen) atoms. The van der Waals surface area contributed by atoms with Crippen LogP contribution in [0.5, 0.6) is 0 Å². The average Bonchev–Trinajstić information content (AvgIpc) is 3.80. The Morgan fingerprint density at radius 3 is 2.23 bits per heavy atom. The summed E-state index contributed by atoms with van der Waals surface area (Å²) in [6.45, 7) is 5.95. The molecule has 0 saturated heterocycles. The van der Waals surface area contributed by atoms with Crippen molar-refractivity contribution in [3.63, 3.8) is 0 Å². The lowest BCUT2D eigenvalue weighted by Gasteiger charge is -2.30. The molecule has 2 heterocycles. The molecular weight excluding hydrogens is 597 g/mol. The van der Waals surface area contributed by atoms with Gasteiger partial charge < -0.3 is 0 Å². The van der Waals surface area contributed by atoms with Crippen LogP contribution in [0.25, 0.3) is 0 Å². The lowest BCUT2D eigenvalue weighted by molar-refractivity contribution is -0.135. The van der Waals surface area contributed by atoms with E-state index in [-0.39, 0.29) is 29.5 Å². The number of aryl methyl sites for hydroxylation is 2. The Bertz CT molecular complexity index is 1590. The predicted molar refractivity (Wildman–Crippen MR) is 176 cm³/mol. The standard InChI is InChI=1S/C20H24N2O2.C10H13N3O2.C7H7F/c1-3-15-6-4-8-18(14(15)2)20(19(23)22-24)10-9-16(12-20)17-7-5-11-21-13-17;14-10(13-15)8-2-1-7(3-8)9-4-11-6-12-5-9;1-6-4-2-3-5-7(6)8/h4-8,11,13,16,24H,3,9-10,12H2,1-2H3,(H,22,23);4-8,15H,1-3H2,(H,13,14);2-5H,1H3. The summed E-state index contributed by atoms with van der Waals surface area (Å²) < 4.78 is 12.3. The van der Waals surface area contributed by atoms with Gasteiger partial charge in [0.25, 0.3) is 5.91 Å². The molecule has 2 amide bonds. The maximum Gasteiger partial charge on any atom is 0.254 e. The summed E-state index contributed by atoms with van der Waals surface area (Å²) in [5.74, 6) is -0.179. The third-order valence-corrected chi connectivity index (χ3v) is 9.59. The summed E-state index contributed by atoms with van der Waals surface area (Å²) in [7, 11) is 0. The van der Waals surface area contributed by atoms with Gasteiger partial charge in [-0.2, -0.15) is 0 Å². The predicted octanol–water partition coefficient (Wildman–Crippen LogP) is 6.66. The highest BCUT2D eigenvalue weighted by Gasteiger charge is 2.48. The molecule has 0 radical (unpaired) electrons. The van der Waals surface area contributed by atoms with Crippen LogP contribution in [0, 0.1) is 25.6 Å². The van der Waals surface area contributed by atoms with Gasteiger partial charge in [-0.1, -0.05) is 49.4 Å². The Hall–Kier alpha value is -4.54. The van der Waals surface area contributed by atoms with Crippen molar-refractivity contribution >= 4 is 11.8 Å². The molecule has 4 N–H and O–H groups in total. The van der Waals surface area contributed by atoms with E-state index in [4.69, 9.17) is 5.21 Å². The van der Waals surface area contributed by atoms with Gasteiger partial charge in [-0.05, 0) is 116 Å². The number of nitrogens with zero attached hydrogens (tertiary/aromatic N) is 3. The third-order valence-electron chi connectivity index (χ3n) is 9.59. The maximum atomic E-state index is 12.7. The first-order valence-corrected chi connectivity index (χ1v) is 16.1. The van der Waals surface area contributed by atoms with Crippen molar-refractivity contribution in [1.82, 2.24) is 25.9 Å². The smallest absolute Gasteiger partial charge is 0.254 e. The summed E-state index contributed by atoms with van der Waals surface area (Å²) >= 11 is 0. The minimum Gasteiger partial charge on any atom is -0.289 e. The van der Waals surface area contributed by atoms with E-state index >= 15 is 0 Å². The summed E-state index contributed by atoms with van der Waals surface area (Å²) in [6.07, 6.45) is 14.5. The molecule has 4 unspecified atom stereocenters. The summed E-state index contributed by atoms with van der Waals surface area (Å²) in [6, 6.07) is 16.9. The van der Waals surface area contributed by atoms with Crippen molar-refractivity contribution in [2.24, 2.45) is 5.92 Å². The minimum absolute atomic E-state index is 0.0831. The molecular formula is C37H44FN5O4. The zero-order valence-corrected chi connectivity index (χ0v) is 27.2. The number of amides is 2. The van der Waals surface area contributed by atoms with Crippen LogP contribution in [0.1, 0.15) is 90.7 Å². The van der Waals surface area contributed by atoms with Crippen LogP contribution in [-0.4, -0.2) is 37.2 Å². The van der Waals surface area contributed by atoms with Gasteiger partial charge in [-0.3, -0.25) is 25.0 Å². The van der Waals surface area contributed by atoms with E-state index < -0.39 is 5.41 Å². The van der Waals surface area contributed by atoms with Gasteiger partial charge in [0.2, 0.25) is 5.91 Å². The molecule has 10 heteroatoms. The summed E-state index contributed by atoms with van der Waals surface area (Å²) in [4.78, 5) is 36.0. The SMILES string of the molecule is CCc1cccc(C2(C(=O)NO)CCC(c3cccnc3)C2)c1C.Cc1ccccc1F.O=C(NO)C1CCC(c2cncnc2)C1. The van der Waals surface area contributed by atoms with E-state index in [0.29, 0.717) is 17.9 Å². The van der Waals surface area contributed by atoms with Gasteiger partial charge in [0.05, 0.1) is 5.41 Å². The Morgan fingerprint density at radius 1 is 0.872 bits per heavy atom. The number of hydrogen-bond acceptors (Lipinski definition) is 7. The first-order valence-electron chi connectivity index (χ1n) is 16.1. The van der Waals surface area contributed by atoms with E-state index in [1.165, 1.54) is 18.0 Å². The maximum absolute atomic E-state index is 12.7. The zero-order valence-electron chi connectivity index (χ0n) is 27.2. The van der Waals surface area contributed by atoms with Crippen molar-refractivity contribution in [1.29, 1.82) is 0 Å². The van der Waals surface area contributed by atoms with E-state index in [0.717, 1.165) is 60.8 Å². The van der Waals surface area contributed by atoms with Gasteiger partial charge in [0.15, 0.2) is 0 Å². The second-order valence-corrected chi connectivity index (χ2v) is 12.3. The van der Waals surface area contributed by atoms with Crippen molar-refractivity contribution in [2.45, 2.75) is 83.0 Å². The molecule has 0 bridgehead atoms. The van der Waals surface area contributed by atoms with Gasteiger partial charge in [-0.15, -0.1) is 0 Å². The van der Waals surface area contributed by atoms with Crippen LogP contribution in [0.2, 0.25) is 0 Å². The first kappa shape index (κ1) is 35.3. The summed E-state index contributed by atoms with van der Waals surface area (Å²) in [5, 5.41) is 17.9. The molecule has 0 aliphatic heterocycles. The molecule has 6 rings (SSSR count). The number of rotatable bonds is 6. The van der Waals surface area contributed by atoms with Crippen molar-refractivity contribution in [3.05, 3.63) is 125 Å². The van der Waals surface area contributed by atoms with Gasteiger partial charge in [0, 0.05) is 30.7 Å². The van der Waals surface area contributed by atoms with Crippen molar-refractivity contribution < 1.29 is 24.4 Å². The molecule has 2 aliphatic rings. The first-order chi connectivity index (χ1) is 22.7. The van der Waals surface area contributed by atoms with Crippen LogP contribution in [-0.2, 0) is 21.4 Å². The lowest BCUT2D eigenvalue weighted by Crippen LogP contribution is -2.42. The number of carbonyl (C=O) groups is 2. The van der Waals surface area contributed by atoms with Gasteiger partial charge in [0.1, 0.15) is 12.1 Å².